The van der Waals surface area contributed by atoms with E-state index >= 15 is 0 Å². The molecule has 1 aliphatic rings. The predicted octanol–water partition coefficient (Wildman–Crippen LogP) is 3.73. The van der Waals surface area contributed by atoms with Crippen LogP contribution in [0.4, 0.5) is 5.69 Å². The van der Waals surface area contributed by atoms with Crippen molar-refractivity contribution in [1.82, 2.24) is 4.90 Å². The Balaban J connectivity index is 1.66. The summed E-state index contributed by atoms with van der Waals surface area (Å²) in [4.78, 5) is 14.8. The maximum Gasteiger partial charge on any atom is 0.241 e. The van der Waals surface area contributed by atoms with Crippen molar-refractivity contribution in [3.63, 3.8) is 0 Å². The first kappa shape index (κ1) is 16.8. The van der Waals surface area contributed by atoms with Crippen LogP contribution in [0.3, 0.4) is 0 Å². The number of nitrogens with zero attached hydrogens (tertiary/aromatic N) is 1. The van der Waals surface area contributed by atoms with E-state index in [-0.39, 0.29) is 11.9 Å². The van der Waals surface area contributed by atoms with Gasteiger partial charge in [-0.2, -0.15) is 0 Å². The van der Waals surface area contributed by atoms with Crippen LogP contribution in [-0.4, -0.2) is 30.5 Å². The number of ether oxygens (including phenoxy) is 1. The molecule has 0 aliphatic carbocycles. The van der Waals surface area contributed by atoms with Crippen LogP contribution in [0.25, 0.3) is 0 Å². The molecule has 2 aromatic carbocycles. The van der Waals surface area contributed by atoms with Crippen molar-refractivity contribution in [2.24, 2.45) is 0 Å². The van der Waals surface area contributed by atoms with Gasteiger partial charge < -0.3 is 10.1 Å². The number of anilines is 1. The lowest BCUT2D eigenvalue weighted by atomic mass is 9.99. The van der Waals surface area contributed by atoms with Crippen LogP contribution in [0, 0.1) is 0 Å². The molecule has 1 atom stereocenters. The minimum atomic E-state index is -0.209. The van der Waals surface area contributed by atoms with Gasteiger partial charge in [0.15, 0.2) is 0 Å². The summed E-state index contributed by atoms with van der Waals surface area (Å²) in [6.07, 6.45) is 0.974. The summed E-state index contributed by atoms with van der Waals surface area (Å²) >= 11 is 6.11. The summed E-state index contributed by atoms with van der Waals surface area (Å²) in [6, 6.07) is 13.5. The summed E-state index contributed by atoms with van der Waals surface area (Å²) in [6.45, 7) is 3.62. The summed E-state index contributed by atoms with van der Waals surface area (Å²) < 4.78 is 5.13. The molecule has 5 heteroatoms. The Hall–Kier alpha value is -2.04. The highest BCUT2D eigenvalue weighted by Gasteiger charge is 2.25. The number of halogens is 1. The van der Waals surface area contributed by atoms with Crippen molar-refractivity contribution < 1.29 is 9.53 Å². The van der Waals surface area contributed by atoms with Crippen LogP contribution in [0.15, 0.2) is 42.5 Å². The van der Waals surface area contributed by atoms with Gasteiger partial charge in [-0.1, -0.05) is 35.9 Å². The van der Waals surface area contributed by atoms with E-state index in [0.717, 1.165) is 19.5 Å². The molecule has 0 saturated carbocycles. The van der Waals surface area contributed by atoms with Gasteiger partial charge in [0, 0.05) is 18.8 Å². The monoisotopic (exact) mass is 344 g/mol. The quantitative estimate of drug-likeness (QED) is 0.918. The van der Waals surface area contributed by atoms with E-state index in [1.165, 1.54) is 11.1 Å². The lowest BCUT2D eigenvalue weighted by Crippen LogP contribution is -2.44. The summed E-state index contributed by atoms with van der Waals surface area (Å²) in [5.74, 6) is 0.561. The highest BCUT2D eigenvalue weighted by Crippen LogP contribution is 2.27. The molecule has 2 aromatic rings. The van der Waals surface area contributed by atoms with E-state index in [9.17, 15) is 4.79 Å². The lowest BCUT2D eigenvalue weighted by molar-refractivity contribution is -0.121. The van der Waals surface area contributed by atoms with E-state index in [0.29, 0.717) is 16.5 Å². The topological polar surface area (TPSA) is 41.6 Å². The number of methoxy groups -OCH3 is 1. The van der Waals surface area contributed by atoms with Gasteiger partial charge >= 0.3 is 0 Å². The zero-order chi connectivity index (χ0) is 17.1. The second-order valence-corrected chi connectivity index (χ2v) is 6.41. The zero-order valence-electron chi connectivity index (χ0n) is 13.9. The van der Waals surface area contributed by atoms with E-state index in [4.69, 9.17) is 16.3 Å². The normalized spacial score (nSPS) is 15.5. The van der Waals surface area contributed by atoms with Crippen molar-refractivity contribution in [3.05, 3.63) is 58.6 Å². The molecule has 0 fully saturated rings. The van der Waals surface area contributed by atoms with Crippen molar-refractivity contribution in [2.45, 2.75) is 25.9 Å². The standard InChI is InChI=1S/C19H21ClN2O2/c1-13(22-10-9-14-5-3-4-6-15(14)12-22)19(23)21-16-7-8-18(24-2)17(20)11-16/h3-8,11,13H,9-10,12H2,1-2H3,(H,21,23)/t13-/m1/s1. The highest BCUT2D eigenvalue weighted by atomic mass is 35.5. The number of hydrogen-bond acceptors (Lipinski definition) is 3. The number of hydrogen-bond donors (Lipinski definition) is 1. The van der Waals surface area contributed by atoms with Gasteiger partial charge in [-0.25, -0.2) is 0 Å². The first-order valence-corrected chi connectivity index (χ1v) is 8.41. The Morgan fingerprint density at radius 2 is 2.00 bits per heavy atom. The number of carbonyl (C=O) groups is 1. The fourth-order valence-corrected chi connectivity index (χ4v) is 3.26. The largest absolute Gasteiger partial charge is 0.495 e. The number of fused-ring (bicyclic) bond motifs is 1. The number of amides is 1. The molecule has 0 saturated heterocycles. The minimum Gasteiger partial charge on any atom is -0.495 e. The third kappa shape index (κ3) is 3.55. The van der Waals surface area contributed by atoms with Crippen LogP contribution in [-0.2, 0) is 17.8 Å². The fraction of sp³-hybridized carbons (Fsp3) is 0.316. The molecule has 4 nitrogen and oxygen atoms in total. The lowest BCUT2D eigenvalue weighted by Gasteiger charge is -2.32. The molecule has 24 heavy (non-hydrogen) atoms. The van der Waals surface area contributed by atoms with Gasteiger partial charge in [0.2, 0.25) is 5.91 Å². The SMILES string of the molecule is COc1ccc(NC(=O)[C@@H](C)N2CCc3ccccc3C2)cc1Cl. The van der Waals surface area contributed by atoms with Gasteiger partial charge in [-0.15, -0.1) is 0 Å². The average molecular weight is 345 g/mol. The van der Waals surface area contributed by atoms with Gasteiger partial charge in [-0.3, -0.25) is 9.69 Å². The van der Waals surface area contributed by atoms with E-state index < -0.39 is 0 Å². The van der Waals surface area contributed by atoms with Gasteiger partial charge in [-0.05, 0) is 42.7 Å². The first-order chi connectivity index (χ1) is 11.6. The molecule has 1 heterocycles. The Kier molecular flexibility index (Phi) is 5.07. The molecule has 1 N–H and O–H groups in total. The second kappa shape index (κ2) is 7.24. The molecule has 0 radical (unpaired) electrons. The maximum atomic E-state index is 12.6. The van der Waals surface area contributed by atoms with Crippen molar-refractivity contribution in [3.8, 4) is 5.75 Å². The Morgan fingerprint density at radius 3 is 2.71 bits per heavy atom. The zero-order valence-corrected chi connectivity index (χ0v) is 14.6. The van der Waals surface area contributed by atoms with Gasteiger partial charge in [0.05, 0.1) is 18.2 Å². The van der Waals surface area contributed by atoms with Crippen LogP contribution < -0.4 is 10.1 Å². The van der Waals surface area contributed by atoms with Crippen LogP contribution >= 0.6 is 11.6 Å². The first-order valence-electron chi connectivity index (χ1n) is 8.03. The van der Waals surface area contributed by atoms with Crippen molar-refractivity contribution >= 4 is 23.2 Å². The van der Waals surface area contributed by atoms with E-state index in [1.54, 1.807) is 25.3 Å². The molecule has 3 rings (SSSR count). The molecular formula is C19H21ClN2O2. The number of benzene rings is 2. The summed E-state index contributed by atoms with van der Waals surface area (Å²) in [5, 5.41) is 3.42. The number of nitrogens with one attached hydrogen (secondary N) is 1. The minimum absolute atomic E-state index is 0.0318. The van der Waals surface area contributed by atoms with Crippen molar-refractivity contribution in [2.75, 3.05) is 19.0 Å². The van der Waals surface area contributed by atoms with E-state index in [1.807, 2.05) is 13.0 Å². The molecule has 0 unspecified atom stereocenters. The molecule has 126 valence electrons. The summed E-state index contributed by atoms with van der Waals surface area (Å²) in [5.41, 5.74) is 3.36. The molecule has 1 aliphatic heterocycles. The maximum absolute atomic E-state index is 12.6. The van der Waals surface area contributed by atoms with Crippen LogP contribution in [0.2, 0.25) is 5.02 Å². The Labute approximate surface area is 147 Å². The van der Waals surface area contributed by atoms with Gasteiger partial charge in [0.1, 0.15) is 5.75 Å². The molecule has 0 spiro atoms. The van der Waals surface area contributed by atoms with Gasteiger partial charge in [0.25, 0.3) is 0 Å². The fourth-order valence-electron chi connectivity index (χ4n) is 3.00. The van der Waals surface area contributed by atoms with Crippen LogP contribution in [0.1, 0.15) is 18.1 Å². The third-order valence-corrected chi connectivity index (χ3v) is 4.80. The Morgan fingerprint density at radius 1 is 1.25 bits per heavy atom. The molecule has 0 aromatic heterocycles. The highest BCUT2D eigenvalue weighted by molar-refractivity contribution is 6.32. The van der Waals surface area contributed by atoms with Crippen molar-refractivity contribution in [1.29, 1.82) is 0 Å². The molecular weight excluding hydrogens is 324 g/mol. The molecule has 0 bridgehead atoms. The Bertz CT molecular complexity index is 748. The third-order valence-electron chi connectivity index (χ3n) is 4.51. The predicted molar refractivity (Wildman–Crippen MR) is 96.7 cm³/mol. The smallest absolute Gasteiger partial charge is 0.241 e. The van der Waals surface area contributed by atoms with E-state index in [2.05, 4.69) is 28.4 Å². The summed E-state index contributed by atoms with van der Waals surface area (Å²) in [7, 11) is 1.57. The average Bonchev–Trinajstić information content (AvgIpc) is 2.60. The molecule has 1 amide bonds. The number of carbonyl (C=O) groups excluding carboxylic acids is 1. The number of rotatable bonds is 4. The van der Waals surface area contributed by atoms with Crippen LogP contribution in [0.5, 0.6) is 5.75 Å². The second-order valence-electron chi connectivity index (χ2n) is 6.00.